The summed E-state index contributed by atoms with van der Waals surface area (Å²) in [6, 6.07) is 5.81. The number of amides is 1. The Balaban J connectivity index is 2.05. The summed E-state index contributed by atoms with van der Waals surface area (Å²) in [4.78, 5) is 14.4. The maximum Gasteiger partial charge on any atom is 0.255 e. The Bertz CT molecular complexity index is 481. The molecule has 0 aliphatic heterocycles. The van der Waals surface area contributed by atoms with Crippen molar-refractivity contribution in [3.63, 3.8) is 0 Å². The van der Waals surface area contributed by atoms with Gasteiger partial charge in [0.15, 0.2) is 0 Å². The topological polar surface area (TPSA) is 46.3 Å². The van der Waals surface area contributed by atoms with Crippen LogP contribution in [-0.2, 0) is 0 Å². The lowest BCUT2D eigenvalue weighted by Crippen LogP contribution is -2.39. The Morgan fingerprint density at radius 3 is 2.55 bits per heavy atom. The molecular formula is C16H23BrN2O. The van der Waals surface area contributed by atoms with Gasteiger partial charge in [-0.2, -0.15) is 0 Å². The van der Waals surface area contributed by atoms with Crippen molar-refractivity contribution in [3.8, 4) is 0 Å². The Labute approximate surface area is 129 Å². The number of nitrogens with zero attached hydrogens (tertiary/aromatic N) is 1. The van der Waals surface area contributed by atoms with Crippen LogP contribution in [0.4, 0.5) is 5.69 Å². The van der Waals surface area contributed by atoms with Crippen LogP contribution in [0.5, 0.6) is 0 Å². The van der Waals surface area contributed by atoms with Crippen molar-refractivity contribution < 1.29 is 4.79 Å². The molecule has 1 aliphatic rings. The second-order valence-corrected chi connectivity index (χ2v) is 6.65. The third-order valence-corrected chi connectivity index (χ3v) is 5.00. The predicted octanol–water partition coefficient (Wildman–Crippen LogP) is 4.07. The molecule has 0 unspecified atom stereocenters. The van der Waals surface area contributed by atoms with E-state index in [4.69, 9.17) is 5.73 Å². The van der Waals surface area contributed by atoms with Crippen LogP contribution in [0, 0.1) is 5.92 Å². The highest BCUT2D eigenvalue weighted by Crippen LogP contribution is 2.30. The lowest BCUT2D eigenvalue weighted by molar-refractivity contribution is 0.0676. The Morgan fingerprint density at radius 1 is 1.35 bits per heavy atom. The smallest absolute Gasteiger partial charge is 0.255 e. The van der Waals surface area contributed by atoms with Gasteiger partial charge >= 0.3 is 0 Å². The van der Waals surface area contributed by atoms with E-state index in [0.29, 0.717) is 17.3 Å². The first-order valence-corrected chi connectivity index (χ1v) is 8.14. The molecule has 0 spiro atoms. The second-order valence-electron chi connectivity index (χ2n) is 5.73. The number of hydrogen-bond acceptors (Lipinski definition) is 2. The average Bonchev–Trinajstić information content (AvgIpc) is 2.46. The molecule has 20 heavy (non-hydrogen) atoms. The molecular weight excluding hydrogens is 316 g/mol. The second kappa shape index (κ2) is 6.61. The van der Waals surface area contributed by atoms with Crippen molar-refractivity contribution in [2.24, 2.45) is 5.92 Å². The summed E-state index contributed by atoms with van der Waals surface area (Å²) in [6.45, 7) is 2.25. The lowest BCUT2D eigenvalue weighted by atomic mass is 9.84. The van der Waals surface area contributed by atoms with Crippen LogP contribution in [0.1, 0.15) is 49.4 Å². The van der Waals surface area contributed by atoms with Crippen molar-refractivity contribution in [1.29, 1.82) is 0 Å². The van der Waals surface area contributed by atoms with Gasteiger partial charge in [0.2, 0.25) is 0 Å². The Hall–Kier alpha value is -1.03. The summed E-state index contributed by atoms with van der Waals surface area (Å²) in [5.74, 6) is 0.877. The number of nitrogen functional groups attached to an aromatic ring is 1. The minimum Gasteiger partial charge on any atom is -0.398 e. The maximum atomic E-state index is 12.6. The van der Waals surface area contributed by atoms with E-state index < -0.39 is 0 Å². The molecule has 0 heterocycles. The maximum absolute atomic E-state index is 12.6. The van der Waals surface area contributed by atoms with Gasteiger partial charge < -0.3 is 10.6 Å². The molecule has 0 bridgehead atoms. The lowest BCUT2D eigenvalue weighted by Gasteiger charge is -2.34. The number of anilines is 1. The van der Waals surface area contributed by atoms with E-state index in [0.717, 1.165) is 23.2 Å². The van der Waals surface area contributed by atoms with Crippen molar-refractivity contribution in [2.45, 2.75) is 45.1 Å². The summed E-state index contributed by atoms with van der Waals surface area (Å²) >= 11 is 3.37. The van der Waals surface area contributed by atoms with Gasteiger partial charge in [-0.1, -0.05) is 29.3 Å². The standard InChI is InChI=1S/C16H23BrN2O/c1-3-11-4-7-13(8-5-11)19(2)16(20)14-9-6-12(17)10-15(14)18/h6,9-11,13H,3-5,7-8,18H2,1-2H3. The molecule has 0 aromatic heterocycles. The van der Waals surface area contributed by atoms with Gasteiger partial charge in [0, 0.05) is 23.2 Å². The number of halogens is 1. The Kier molecular flexibility index (Phi) is 5.08. The molecule has 0 radical (unpaired) electrons. The number of nitrogens with two attached hydrogens (primary N) is 1. The van der Waals surface area contributed by atoms with E-state index in [1.165, 1.54) is 19.3 Å². The van der Waals surface area contributed by atoms with Crippen LogP contribution < -0.4 is 5.73 Å². The summed E-state index contributed by atoms with van der Waals surface area (Å²) in [5.41, 5.74) is 7.10. The molecule has 1 aliphatic carbocycles. The molecule has 2 rings (SSSR count). The van der Waals surface area contributed by atoms with Crippen molar-refractivity contribution in [2.75, 3.05) is 12.8 Å². The number of hydrogen-bond donors (Lipinski definition) is 1. The van der Waals surface area contributed by atoms with Gasteiger partial charge in [-0.25, -0.2) is 0 Å². The zero-order chi connectivity index (χ0) is 14.7. The van der Waals surface area contributed by atoms with Gasteiger partial charge in [0.1, 0.15) is 0 Å². The first kappa shape index (κ1) is 15.4. The van der Waals surface area contributed by atoms with E-state index in [1.807, 2.05) is 18.0 Å². The molecule has 4 heteroatoms. The minimum atomic E-state index is 0.0370. The molecule has 1 fully saturated rings. The van der Waals surface area contributed by atoms with Gasteiger partial charge in [-0.15, -0.1) is 0 Å². The molecule has 1 aromatic rings. The third kappa shape index (κ3) is 3.35. The average molecular weight is 339 g/mol. The van der Waals surface area contributed by atoms with Gasteiger partial charge in [0.25, 0.3) is 5.91 Å². The highest BCUT2D eigenvalue weighted by atomic mass is 79.9. The first-order chi connectivity index (χ1) is 9.52. The number of carbonyl (C=O) groups is 1. The summed E-state index contributed by atoms with van der Waals surface area (Å²) in [7, 11) is 1.90. The molecule has 110 valence electrons. The van der Waals surface area contributed by atoms with E-state index in [9.17, 15) is 4.79 Å². The zero-order valence-electron chi connectivity index (χ0n) is 12.2. The highest BCUT2D eigenvalue weighted by Gasteiger charge is 2.27. The predicted molar refractivity (Wildman–Crippen MR) is 86.7 cm³/mol. The van der Waals surface area contributed by atoms with Crippen molar-refractivity contribution >= 4 is 27.5 Å². The molecule has 0 saturated heterocycles. The zero-order valence-corrected chi connectivity index (χ0v) is 13.8. The number of benzene rings is 1. The third-order valence-electron chi connectivity index (χ3n) is 4.51. The molecule has 1 amide bonds. The first-order valence-electron chi connectivity index (χ1n) is 7.35. The summed E-state index contributed by atoms with van der Waals surface area (Å²) in [5, 5.41) is 0. The molecule has 3 nitrogen and oxygen atoms in total. The fourth-order valence-corrected chi connectivity index (χ4v) is 3.40. The van der Waals surface area contributed by atoms with Crippen LogP contribution in [0.3, 0.4) is 0 Å². The summed E-state index contributed by atoms with van der Waals surface area (Å²) < 4.78 is 0.901. The van der Waals surface area contributed by atoms with E-state index in [2.05, 4.69) is 22.9 Å². The minimum absolute atomic E-state index is 0.0370. The fraction of sp³-hybridized carbons (Fsp3) is 0.562. The number of rotatable bonds is 3. The van der Waals surface area contributed by atoms with E-state index >= 15 is 0 Å². The summed E-state index contributed by atoms with van der Waals surface area (Å²) in [6.07, 6.45) is 5.93. The van der Waals surface area contributed by atoms with Crippen LogP contribution in [0.25, 0.3) is 0 Å². The number of carbonyl (C=O) groups excluding carboxylic acids is 1. The largest absolute Gasteiger partial charge is 0.398 e. The molecule has 1 aromatic carbocycles. The SMILES string of the molecule is CCC1CCC(N(C)C(=O)c2ccc(Br)cc2N)CC1. The Morgan fingerprint density at radius 2 is 2.00 bits per heavy atom. The van der Waals surface area contributed by atoms with Crippen molar-refractivity contribution in [3.05, 3.63) is 28.2 Å². The van der Waals surface area contributed by atoms with Gasteiger partial charge in [-0.3, -0.25) is 4.79 Å². The molecule has 2 N–H and O–H groups in total. The monoisotopic (exact) mass is 338 g/mol. The van der Waals surface area contributed by atoms with Gasteiger partial charge in [-0.05, 0) is 49.8 Å². The fourth-order valence-electron chi connectivity index (χ4n) is 3.02. The van der Waals surface area contributed by atoms with E-state index in [-0.39, 0.29) is 5.91 Å². The molecule has 0 atom stereocenters. The normalized spacial score (nSPS) is 22.6. The molecule has 1 saturated carbocycles. The highest BCUT2D eigenvalue weighted by molar-refractivity contribution is 9.10. The van der Waals surface area contributed by atoms with Crippen molar-refractivity contribution in [1.82, 2.24) is 4.90 Å². The van der Waals surface area contributed by atoms with E-state index in [1.54, 1.807) is 12.1 Å². The van der Waals surface area contributed by atoms with Crippen LogP contribution >= 0.6 is 15.9 Å². The van der Waals surface area contributed by atoms with Crippen LogP contribution in [0.15, 0.2) is 22.7 Å². The van der Waals surface area contributed by atoms with Crippen LogP contribution in [0.2, 0.25) is 0 Å². The van der Waals surface area contributed by atoms with Crippen LogP contribution in [-0.4, -0.2) is 23.9 Å². The van der Waals surface area contributed by atoms with Gasteiger partial charge in [0.05, 0.1) is 5.56 Å². The quantitative estimate of drug-likeness (QED) is 0.844.